The summed E-state index contributed by atoms with van der Waals surface area (Å²) in [6, 6.07) is 28.2. The molecule has 0 spiro atoms. The van der Waals surface area contributed by atoms with Crippen LogP contribution in [0.2, 0.25) is 0 Å². The first-order chi connectivity index (χ1) is 11.8. The van der Waals surface area contributed by atoms with Gasteiger partial charge in [-0.3, -0.25) is 5.43 Å². The van der Waals surface area contributed by atoms with E-state index in [0.29, 0.717) is 0 Å². The first-order valence-corrected chi connectivity index (χ1v) is 8.43. The highest BCUT2D eigenvalue weighted by molar-refractivity contribution is 9.10. The third-order valence-electron chi connectivity index (χ3n) is 3.71. The van der Waals surface area contributed by atoms with Gasteiger partial charge in [-0.2, -0.15) is 10.2 Å². The molecule has 1 N–H and O–H groups in total. The molecule has 0 saturated heterocycles. The molecule has 0 fully saturated rings. The van der Waals surface area contributed by atoms with Crippen LogP contribution in [0, 0.1) is 0 Å². The number of halogens is 1. The highest BCUT2D eigenvalue weighted by atomic mass is 79.9. The summed E-state index contributed by atoms with van der Waals surface area (Å²) < 4.78 is 0.989. The second kappa shape index (κ2) is 6.37. The van der Waals surface area contributed by atoms with Crippen LogP contribution < -0.4 is 15.7 Å². The van der Waals surface area contributed by atoms with Gasteiger partial charge in [0.2, 0.25) is 0 Å². The minimum Gasteiger partial charge on any atom is -0.259 e. The van der Waals surface area contributed by atoms with Gasteiger partial charge in [0.05, 0.1) is 11.4 Å². The van der Waals surface area contributed by atoms with Crippen LogP contribution in [0.5, 0.6) is 0 Å². The van der Waals surface area contributed by atoms with E-state index < -0.39 is 0 Å². The maximum absolute atomic E-state index is 4.77. The zero-order valence-electron chi connectivity index (χ0n) is 12.8. The monoisotopic (exact) mass is 378 g/mol. The Morgan fingerprint density at radius 2 is 1.38 bits per heavy atom. The zero-order chi connectivity index (χ0) is 16.4. The molecule has 0 aliphatic carbocycles. The quantitative estimate of drug-likeness (QED) is 0.724. The number of hydrazine groups is 2. The Bertz CT molecular complexity index is 865. The van der Waals surface area contributed by atoms with Gasteiger partial charge in [-0.1, -0.05) is 60.7 Å². The van der Waals surface area contributed by atoms with E-state index in [0.717, 1.165) is 27.2 Å². The molecule has 4 rings (SSSR count). The van der Waals surface area contributed by atoms with E-state index in [-0.39, 0.29) is 0 Å². The molecular weight excluding hydrogens is 364 g/mol. The van der Waals surface area contributed by atoms with Crippen molar-refractivity contribution in [2.45, 2.75) is 0 Å². The molecule has 0 atom stereocenters. The number of benzene rings is 3. The van der Waals surface area contributed by atoms with Gasteiger partial charge < -0.3 is 0 Å². The van der Waals surface area contributed by atoms with Crippen molar-refractivity contribution in [2.75, 3.05) is 10.2 Å². The number of hydrazone groups is 1. The highest BCUT2D eigenvalue weighted by Gasteiger charge is 2.27. The van der Waals surface area contributed by atoms with E-state index in [9.17, 15) is 0 Å². The van der Waals surface area contributed by atoms with Crippen LogP contribution in [0.4, 0.5) is 11.4 Å². The lowest BCUT2D eigenvalue weighted by Crippen LogP contribution is -2.44. The number of hydrogen-bond acceptors (Lipinski definition) is 4. The summed E-state index contributed by atoms with van der Waals surface area (Å²) in [4.78, 5) is 0. The Morgan fingerprint density at radius 3 is 2.08 bits per heavy atom. The van der Waals surface area contributed by atoms with Crippen molar-refractivity contribution in [3.05, 3.63) is 95.0 Å². The molecule has 0 radical (unpaired) electrons. The predicted molar refractivity (Wildman–Crippen MR) is 102 cm³/mol. The van der Waals surface area contributed by atoms with Crippen molar-refractivity contribution in [1.82, 2.24) is 5.43 Å². The van der Waals surface area contributed by atoms with Crippen LogP contribution >= 0.6 is 15.9 Å². The number of nitrogens with one attached hydrogen (secondary N) is 1. The molecule has 1 aliphatic heterocycles. The molecule has 0 aromatic heterocycles. The highest BCUT2D eigenvalue weighted by Crippen LogP contribution is 2.30. The molecule has 1 heterocycles. The Labute approximate surface area is 149 Å². The second-order valence-corrected chi connectivity index (χ2v) is 6.17. The number of hydrogen-bond donors (Lipinski definition) is 1. The van der Waals surface area contributed by atoms with E-state index in [1.54, 1.807) is 0 Å². The van der Waals surface area contributed by atoms with Crippen molar-refractivity contribution in [2.24, 2.45) is 5.10 Å². The van der Waals surface area contributed by atoms with Gasteiger partial charge in [0.25, 0.3) is 0 Å². The fourth-order valence-corrected chi connectivity index (χ4v) is 3.00. The number of amidine groups is 1. The summed E-state index contributed by atoms with van der Waals surface area (Å²) in [6.45, 7) is 0. The minimum atomic E-state index is 0.801. The van der Waals surface area contributed by atoms with Crippen molar-refractivity contribution in [3.63, 3.8) is 0 Å². The zero-order valence-corrected chi connectivity index (χ0v) is 14.4. The van der Waals surface area contributed by atoms with Gasteiger partial charge in [0.1, 0.15) is 0 Å². The minimum absolute atomic E-state index is 0.801. The molecule has 0 unspecified atom stereocenters. The standard InChI is InChI=1S/C19H15BrN4/c20-17-13-7-8-14-18(17)24-22-19(15-9-3-1-4-10-15)21-23(24)16-11-5-2-6-12-16/h1-14H,(H,21,22). The lowest BCUT2D eigenvalue weighted by atomic mass is 10.2. The average Bonchev–Trinajstić information content (AvgIpc) is 3.09. The average molecular weight is 379 g/mol. The molecular formula is C19H15BrN4. The fourth-order valence-electron chi connectivity index (χ4n) is 2.55. The summed E-state index contributed by atoms with van der Waals surface area (Å²) in [5.74, 6) is 0.801. The van der Waals surface area contributed by atoms with E-state index in [1.165, 1.54) is 0 Å². The molecule has 1 aliphatic rings. The first kappa shape index (κ1) is 14.8. The van der Waals surface area contributed by atoms with E-state index in [2.05, 4.69) is 21.4 Å². The third kappa shape index (κ3) is 2.74. The first-order valence-electron chi connectivity index (χ1n) is 7.63. The van der Waals surface area contributed by atoms with Gasteiger partial charge in [0, 0.05) is 10.0 Å². The number of rotatable bonds is 3. The van der Waals surface area contributed by atoms with Crippen LogP contribution in [0.25, 0.3) is 0 Å². The molecule has 118 valence electrons. The number of anilines is 2. The molecule has 0 amide bonds. The normalized spacial score (nSPS) is 13.6. The SMILES string of the molecule is Brc1ccccc1N1NC(c2ccccc2)=NN1c1ccccc1. The fraction of sp³-hybridized carbons (Fsp3) is 0. The van der Waals surface area contributed by atoms with Crippen molar-refractivity contribution in [3.8, 4) is 0 Å². The van der Waals surface area contributed by atoms with Crippen LogP contribution in [0.3, 0.4) is 0 Å². The van der Waals surface area contributed by atoms with Crippen LogP contribution in [-0.2, 0) is 0 Å². The maximum Gasteiger partial charge on any atom is 0.176 e. The summed E-state index contributed by atoms with van der Waals surface area (Å²) in [5, 5.41) is 8.57. The van der Waals surface area contributed by atoms with E-state index in [4.69, 9.17) is 5.10 Å². The molecule has 4 nitrogen and oxygen atoms in total. The van der Waals surface area contributed by atoms with Crippen LogP contribution in [0.15, 0.2) is 94.5 Å². The van der Waals surface area contributed by atoms with Gasteiger partial charge in [-0.25, -0.2) is 0 Å². The smallest absolute Gasteiger partial charge is 0.176 e. The van der Waals surface area contributed by atoms with Crippen LogP contribution in [0.1, 0.15) is 5.56 Å². The Hall–Kier alpha value is -2.79. The molecule has 3 aromatic rings. The second-order valence-electron chi connectivity index (χ2n) is 5.31. The molecule has 5 heteroatoms. The van der Waals surface area contributed by atoms with Gasteiger partial charge in [0.15, 0.2) is 5.84 Å². The Balaban J connectivity index is 1.78. The molecule has 3 aromatic carbocycles. The summed E-state index contributed by atoms with van der Waals surface area (Å²) >= 11 is 3.62. The van der Waals surface area contributed by atoms with E-state index >= 15 is 0 Å². The Kier molecular flexibility index (Phi) is 3.92. The molecule has 24 heavy (non-hydrogen) atoms. The third-order valence-corrected chi connectivity index (χ3v) is 4.38. The predicted octanol–water partition coefficient (Wildman–Crippen LogP) is 4.56. The molecule has 0 bridgehead atoms. The molecule has 0 saturated carbocycles. The van der Waals surface area contributed by atoms with Gasteiger partial charge in [-0.15, -0.1) is 5.10 Å². The maximum atomic E-state index is 4.77. The van der Waals surface area contributed by atoms with E-state index in [1.807, 2.05) is 95.2 Å². The van der Waals surface area contributed by atoms with Crippen molar-refractivity contribution in [1.29, 1.82) is 0 Å². The summed E-state index contributed by atoms with van der Waals surface area (Å²) in [6.07, 6.45) is 0. The number of nitrogens with zero attached hydrogens (tertiary/aromatic N) is 3. The lowest BCUT2D eigenvalue weighted by Gasteiger charge is -2.28. The Morgan fingerprint density at radius 1 is 0.750 bits per heavy atom. The number of para-hydroxylation sites is 2. The van der Waals surface area contributed by atoms with Crippen LogP contribution in [-0.4, -0.2) is 5.84 Å². The van der Waals surface area contributed by atoms with Gasteiger partial charge in [-0.05, 0) is 40.2 Å². The van der Waals surface area contributed by atoms with Crippen molar-refractivity contribution >= 4 is 33.1 Å². The summed E-state index contributed by atoms with van der Waals surface area (Å²) in [5.41, 5.74) is 6.39. The largest absolute Gasteiger partial charge is 0.259 e. The topological polar surface area (TPSA) is 30.9 Å². The van der Waals surface area contributed by atoms with Gasteiger partial charge >= 0.3 is 0 Å². The summed E-state index contributed by atoms with van der Waals surface area (Å²) in [7, 11) is 0. The lowest BCUT2D eigenvalue weighted by molar-refractivity contribution is 0.769. The van der Waals surface area contributed by atoms with Crippen molar-refractivity contribution < 1.29 is 0 Å².